The number of aromatic amines is 1. The van der Waals surface area contributed by atoms with E-state index in [0.717, 1.165) is 23.4 Å². The quantitative estimate of drug-likeness (QED) is 0.911. The molecule has 0 saturated carbocycles. The maximum absolute atomic E-state index is 12.4. The number of hydrogen-bond acceptors (Lipinski definition) is 2. The van der Waals surface area contributed by atoms with Crippen LogP contribution < -0.4 is 0 Å². The molecule has 0 radical (unpaired) electrons. The van der Waals surface area contributed by atoms with Crippen molar-refractivity contribution in [2.45, 2.75) is 24.1 Å². The number of aromatic nitrogens is 1. The van der Waals surface area contributed by atoms with Crippen LogP contribution in [-0.2, 0) is 11.2 Å². The Morgan fingerprint density at radius 3 is 3.11 bits per heavy atom. The summed E-state index contributed by atoms with van der Waals surface area (Å²) in [6.07, 6.45) is 3.70. The number of H-pyrrole nitrogens is 1. The van der Waals surface area contributed by atoms with E-state index in [0.29, 0.717) is 17.7 Å². The first-order valence-electron chi connectivity index (χ1n) is 6.77. The van der Waals surface area contributed by atoms with Gasteiger partial charge in [-0.25, -0.2) is 0 Å². The normalized spacial score (nSPS) is 25.4. The second kappa shape index (κ2) is 4.30. The first-order valence-corrected chi connectivity index (χ1v) is 7.82. The predicted molar refractivity (Wildman–Crippen MR) is 78.4 cm³/mol. The average Bonchev–Trinajstić information content (AvgIpc) is 3.14. The summed E-state index contributed by atoms with van der Waals surface area (Å²) in [6, 6.07) is 8.67. The van der Waals surface area contributed by atoms with Gasteiger partial charge in [0.05, 0.1) is 6.42 Å². The van der Waals surface area contributed by atoms with Crippen molar-refractivity contribution in [2.75, 3.05) is 12.3 Å². The van der Waals surface area contributed by atoms with Gasteiger partial charge in [-0.3, -0.25) is 4.79 Å². The molecule has 19 heavy (non-hydrogen) atoms. The average molecular weight is 272 g/mol. The van der Waals surface area contributed by atoms with E-state index in [9.17, 15) is 4.79 Å². The fourth-order valence-corrected chi connectivity index (χ4v) is 4.68. The Bertz CT molecular complexity index is 636. The standard InChI is InChI=1S/C15H16N2OS/c18-15(17-8-12-6-11(17)9-19-12)5-10-7-16-14-4-2-1-3-13(10)14/h1-4,7,11-12,16H,5-6,8-9H2/t11-,12+/m0/s1. The molecule has 0 spiro atoms. The minimum atomic E-state index is 0.289. The molecule has 2 bridgehead atoms. The van der Waals surface area contributed by atoms with Crippen molar-refractivity contribution in [3.63, 3.8) is 0 Å². The molecule has 3 heterocycles. The Hall–Kier alpha value is -1.42. The summed E-state index contributed by atoms with van der Waals surface area (Å²) in [6.45, 7) is 0.955. The number of nitrogens with zero attached hydrogens (tertiary/aromatic N) is 1. The third-order valence-electron chi connectivity index (χ3n) is 4.24. The lowest BCUT2D eigenvalue weighted by atomic mass is 10.1. The highest BCUT2D eigenvalue weighted by atomic mass is 32.2. The number of hydrogen-bond donors (Lipinski definition) is 1. The zero-order valence-electron chi connectivity index (χ0n) is 10.6. The molecule has 1 aromatic carbocycles. The Labute approximate surface area is 116 Å². The minimum Gasteiger partial charge on any atom is -0.361 e. The molecule has 4 heteroatoms. The molecule has 1 amide bonds. The fourth-order valence-electron chi connectivity index (χ4n) is 3.25. The molecule has 2 aliphatic rings. The van der Waals surface area contributed by atoms with Gasteiger partial charge in [-0.15, -0.1) is 0 Å². The molecule has 1 N–H and O–H groups in total. The van der Waals surface area contributed by atoms with Crippen LogP contribution in [0.4, 0.5) is 0 Å². The molecule has 1 aromatic heterocycles. The summed E-state index contributed by atoms with van der Waals surface area (Å²) in [7, 11) is 0. The highest BCUT2D eigenvalue weighted by Gasteiger charge is 2.40. The van der Waals surface area contributed by atoms with Crippen LogP contribution in [0.15, 0.2) is 30.5 Å². The largest absolute Gasteiger partial charge is 0.361 e. The van der Waals surface area contributed by atoms with Gasteiger partial charge >= 0.3 is 0 Å². The number of thioether (sulfide) groups is 1. The van der Waals surface area contributed by atoms with E-state index in [-0.39, 0.29) is 5.91 Å². The molecule has 2 aromatic rings. The van der Waals surface area contributed by atoms with E-state index in [1.165, 1.54) is 11.8 Å². The molecule has 2 aliphatic heterocycles. The maximum Gasteiger partial charge on any atom is 0.227 e. The van der Waals surface area contributed by atoms with E-state index < -0.39 is 0 Å². The van der Waals surface area contributed by atoms with Crippen LogP contribution in [0.5, 0.6) is 0 Å². The van der Waals surface area contributed by atoms with Crippen LogP contribution in [0.1, 0.15) is 12.0 Å². The van der Waals surface area contributed by atoms with E-state index in [1.54, 1.807) is 0 Å². The van der Waals surface area contributed by atoms with Crippen molar-refractivity contribution >= 4 is 28.6 Å². The van der Waals surface area contributed by atoms with E-state index in [4.69, 9.17) is 0 Å². The van der Waals surface area contributed by atoms with Crippen LogP contribution in [-0.4, -0.2) is 39.4 Å². The highest BCUT2D eigenvalue weighted by molar-refractivity contribution is 8.00. The van der Waals surface area contributed by atoms with Gasteiger partial charge in [0.2, 0.25) is 5.91 Å². The summed E-state index contributed by atoms with van der Waals surface area (Å²) in [5, 5.41) is 1.87. The number of benzene rings is 1. The van der Waals surface area contributed by atoms with Crippen molar-refractivity contribution in [2.24, 2.45) is 0 Å². The third-order valence-corrected chi connectivity index (χ3v) is 5.63. The SMILES string of the molecule is O=C(Cc1c[nH]c2ccccc12)N1C[C@H]2C[C@H]1CS2. The Kier molecular flexibility index (Phi) is 2.58. The number of amides is 1. The Balaban J connectivity index is 1.56. The summed E-state index contributed by atoms with van der Waals surface area (Å²) < 4.78 is 0. The van der Waals surface area contributed by atoms with Gasteiger partial charge in [-0.05, 0) is 18.1 Å². The molecule has 4 rings (SSSR count). The Morgan fingerprint density at radius 1 is 1.42 bits per heavy atom. The fraction of sp³-hybridized carbons (Fsp3) is 0.400. The van der Waals surface area contributed by atoms with Gasteiger partial charge in [0.25, 0.3) is 0 Å². The molecule has 0 aliphatic carbocycles. The monoisotopic (exact) mass is 272 g/mol. The smallest absolute Gasteiger partial charge is 0.227 e. The summed E-state index contributed by atoms with van der Waals surface area (Å²) in [4.78, 5) is 17.8. The van der Waals surface area contributed by atoms with Crippen LogP contribution in [0.25, 0.3) is 10.9 Å². The van der Waals surface area contributed by atoms with Gasteiger partial charge in [0.1, 0.15) is 0 Å². The third kappa shape index (κ3) is 1.86. The van der Waals surface area contributed by atoms with Crippen LogP contribution in [0.3, 0.4) is 0 Å². The molecule has 2 fully saturated rings. The van der Waals surface area contributed by atoms with E-state index in [1.807, 2.05) is 30.1 Å². The molecule has 2 atom stereocenters. The molecule has 98 valence electrons. The van der Waals surface area contributed by atoms with Crippen LogP contribution in [0, 0.1) is 0 Å². The number of fused-ring (bicyclic) bond motifs is 3. The Morgan fingerprint density at radius 2 is 2.32 bits per heavy atom. The van der Waals surface area contributed by atoms with Crippen LogP contribution >= 0.6 is 11.8 Å². The zero-order valence-corrected chi connectivity index (χ0v) is 11.5. The maximum atomic E-state index is 12.4. The van der Waals surface area contributed by atoms with Gasteiger partial charge in [-0.2, -0.15) is 11.8 Å². The number of nitrogens with one attached hydrogen (secondary N) is 1. The highest BCUT2D eigenvalue weighted by Crippen LogP contribution is 2.37. The van der Waals surface area contributed by atoms with Gasteiger partial charge in [0.15, 0.2) is 0 Å². The number of para-hydroxylation sites is 1. The van der Waals surface area contributed by atoms with E-state index in [2.05, 4.69) is 22.0 Å². The lowest BCUT2D eigenvalue weighted by molar-refractivity contribution is -0.130. The number of rotatable bonds is 2. The summed E-state index contributed by atoms with van der Waals surface area (Å²) >= 11 is 2.02. The molecular weight excluding hydrogens is 256 g/mol. The lowest BCUT2D eigenvalue weighted by Crippen LogP contribution is -2.40. The zero-order chi connectivity index (χ0) is 12.8. The molecule has 0 unspecified atom stereocenters. The first-order chi connectivity index (χ1) is 9.31. The molecular formula is C15H16N2OS. The van der Waals surface area contributed by atoms with Crippen molar-refractivity contribution in [1.82, 2.24) is 9.88 Å². The van der Waals surface area contributed by atoms with E-state index >= 15 is 0 Å². The predicted octanol–water partition coefficient (Wildman–Crippen LogP) is 2.43. The number of carbonyl (C=O) groups excluding carboxylic acids is 1. The van der Waals surface area contributed by atoms with Crippen molar-refractivity contribution < 1.29 is 4.79 Å². The number of likely N-dealkylation sites (tertiary alicyclic amines) is 1. The van der Waals surface area contributed by atoms with Crippen LogP contribution in [0.2, 0.25) is 0 Å². The van der Waals surface area contributed by atoms with Crippen molar-refractivity contribution in [3.05, 3.63) is 36.0 Å². The van der Waals surface area contributed by atoms with Crippen molar-refractivity contribution in [3.8, 4) is 0 Å². The summed E-state index contributed by atoms with van der Waals surface area (Å²) in [5.74, 6) is 1.42. The van der Waals surface area contributed by atoms with Gasteiger partial charge < -0.3 is 9.88 Å². The molecule has 3 nitrogen and oxygen atoms in total. The second-order valence-corrected chi connectivity index (χ2v) is 6.76. The lowest BCUT2D eigenvalue weighted by Gasteiger charge is -2.26. The second-order valence-electron chi connectivity index (χ2n) is 5.43. The number of carbonyl (C=O) groups is 1. The summed E-state index contributed by atoms with van der Waals surface area (Å²) in [5.41, 5.74) is 2.24. The van der Waals surface area contributed by atoms with Gasteiger partial charge in [0, 0.05) is 40.7 Å². The first kappa shape index (κ1) is 11.4. The minimum absolute atomic E-state index is 0.289. The topological polar surface area (TPSA) is 36.1 Å². The molecule has 2 saturated heterocycles. The van der Waals surface area contributed by atoms with Crippen molar-refractivity contribution in [1.29, 1.82) is 0 Å². The van der Waals surface area contributed by atoms with Gasteiger partial charge in [-0.1, -0.05) is 18.2 Å².